The number of hydrogen-bond acceptors (Lipinski definition) is 3. The molecule has 0 aliphatic carbocycles. The van der Waals surface area contributed by atoms with Crippen molar-refractivity contribution in [2.24, 2.45) is 0 Å². The zero-order valence-electron chi connectivity index (χ0n) is 10.4. The summed E-state index contributed by atoms with van der Waals surface area (Å²) >= 11 is 3.02. The van der Waals surface area contributed by atoms with Crippen molar-refractivity contribution in [2.75, 3.05) is 12.4 Å². The maximum Gasteiger partial charge on any atom is 0.162 e. The third kappa shape index (κ3) is 2.73. The van der Waals surface area contributed by atoms with Crippen LogP contribution in [0.15, 0.2) is 34.8 Å². The van der Waals surface area contributed by atoms with Gasteiger partial charge in [-0.05, 0) is 40.2 Å². The minimum absolute atomic E-state index is 0.0751. The van der Waals surface area contributed by atoms with Crippen molar-refractivity contribution in [3.05, 3.63) is 52.0 Å². The smallest absolute Gasteiger partial charge is 0.162 e. The van der Waals surface area contributed by atoms with Gasteiger partial charge in [-0.25, -0.2) is 8.78 Å². The van der Waals surface area contributed by atoms with Gasteiger partial charge >= 0.3 is 0 Å². The summed E-state index contributed by atoms with van der Waals surface area (Å²) in [6, 6.07) is 8.65. The lowest BCUT2D eigenvalue weighted by Crippen LogP contribution is -1.99. The molecule has 0 unspecified atom stereocenters. The monoisotopic (exact) mass is 338 g/mol. The summed E-state index contributed by atoms with van der Waals surface area (Å²) in [7, 11) is 1.39. The van der Waals surface area contributed by atoms with Crippen LogP contribution in [0.4, 0.5) is 20.2 Å². The summed E-state index contributed by atoms with van der Waals surface area (Å²) in [6.45, 7) is 0. The van der Waals surface area contributed by atoms with Gasteiger partial charge in [0.1, 0.15) is 17.6 Å². The van der Waals surface area contributed by atoms with Gasteiger partial charge in [0.2, 0.25) is 0 Å². The van der Waals surface area contributed by atoms with E-state index in [2.05, 4.69) is 21.2 Å². The molecule has 0 aromatic heterocycles. The summed E-state index contributed by atoms with van der Waals surface area (Å²) in [5.74, 6) is -0.797. The minimum atomic E-state index is -0.601. The third-order valence-electron chi connectivity index (χ3n) is 2.64. The van der Waals surface area contributed by atoms with E-state index in [0.717, 1.165) is 0 Å². The number of ether oxygens (including phenoxy) is 1. The summed E-state index contributed by atoms with van der Waals surface area (Å²) in [5.41, 5.74) is 0.768. The first-order chi connectivity index (χ1) is 9.56. The zero-order valence-corrected chi connectivity index (χ0v) is 12.0. The molecule has 0 spiro atoms. The number of benzene rings is 2. The maximum absolute atomic E-state index is 14.1. The quantitative estimate of drug-likeness (QED) is 0.904. The van der Waals surface area contributed by atoms with E-state index in [4.69, 9.17) is 10.00 Å². The molecule has 2 rings (SSSR count). The van der Waals surface area contributed by atoms with Gasteiger partial charge in [0.15, 0.2) is 5.82 Å². The highest BCUT2D eigenvalue weighted by atomic mass is 79.9. The van der Waals surface area contributed by atoms with Crippen LogP contribution in [0.2, 0.25) is 0 Å². The molecular formula is C14H9BrF2N2O. The van der Waals surface area contributed by atoms with Crippen LogP contribution in [0, 0.1) is 23.0 Å². The molecule has 102 valence electrons. The van der Waals surface area contributed by atoms with Crippen molar-refractivity contribution < 1.29 is 13.5 Å². The molecule has 0 saturated heterocycles. The topological polar surface area (TPSA) is 45.0 Å². The molecule has 0 radical (unpaired) electrons. The maximum atomic E-state index is 14.1. The zero-order chi connectivity index (χ0) is 14.7. The largest absolute Gasteiger partial charge is 0.494 e. The van der Waals surface area contributed by atoms with Crippen molar-refractivity contribution in [3.8, 4) is 11.8 Å². The molecule has 3 nitrogen and oxygen atoms in total. The van der Waals surface area contributed by atoms with Crippen LogP contribution in [0.1, 0.15) is 5.56 Å². The summed E-state index contributed by atoms with van der Waals surface area (Å²) < 4.78 is 32.3. The number of hydrogen-bond donors (Lipinski definition) is 1. The van der Waals surface area contributed by atoms with Gasteiger partial charge in [0.25, 0.3) is 0 Å². The third-order valence-corrected chi connectivity index (χ3v) is 3.41. The van der Waals surface area contributed by atoms with Crippen LogP contribution in [0.3, 0.4) is 0 Å². The van der Waals surface area contributed by atoms with E-state index < -0.39 is 11.6 Å². The molecule has 0 aliphatic rings. The average Bonchev–Trinajstić information content (AvgIpc) is 2.45. The number of nitrogens with one attached hydrogen (secondary N) is 1. The Morgan fingerprint density at radius 3 is 2.55 bits per heavy atom. The van der Waals surface area contributed by atoms with E-state index >= 15 is 0 Å². The molecule has 0 amide bonds. The Balaban J connectivity index is 2.41. The van der Waals surface area contributed by atoms with Gasteiger partial charge in [0.05, 0.1) is 28.5 Å². The predicted octanol–water partition coefficient (Wildman–Crippen LogP) is 4.35. The lowest BCUT2D eigenvalue weighted by Gasteiger charge is -2.12. The Kier molecular flexibility index (Phi) is 4.20. The van der Waals surface area contributed by atoms with Gasteiger partial charge < -0.3 is 10.1 Å². The van der Waals surface area contributed by atoms with Gasteiger partial charge in [-0.3, -0.25) is 0 Å². The number of nitrogens with zero attached hydrogens (tertiary/aromatic N) is 1. The minimum Gasteiger partial charge on any atom is -0.494 e. The fourth-order valence-corrected chi connectivity index (χ4v) is 2.08. The average molecular weight is 339 g/mol. The highest BCUT2D eigenvalue weighted by molar-refractivity contribution is 9.10. The van der Waals surface area contributed by atoms with Crippen LogP contribution in [0.25, 0.3) is 0 Å². The van der Waals surface area contributed by atoms with E-state index in [-0.39, 0.29) is 21.5 Å². The van der Waals surface area contributed by atoms with Crippen molar-refractivity contribution in [1.29, 1.82) is 5.26 Å². The highest BCUT2D eigenvalue weighted by Crippen LogP contribution is 2.32. The van der Waals surface area contributed by atoms with Crippen molar-refractivity contribution in [2.45, 2.75) is 0 Å². The Bertz CT molecular complexity index is 698. The summed E-state index contributed by atoms with van der Waals surface area (Å²) in [6.07, 6.45) is 0. The summed E-state index contributed by atoms with van der Waals surface area (Å²) in [5, 5.41) is 11.6. The second-order valence-electron chi connectivity index (χ2n) is 3.87. The SMILES string of the molecule is COc1cc(F)ccc1Nc1ccc(C#N)c(Br)c1F. The summed E-state index contributed by atoms with van der Waals surface area (Å²) in [4.78, 5) is 0. The van der Waals surface area contributed by atoms with Crippen LogP contribution in [0.5, 0.6) is 5.75 Å². The van der Waals surface area contributed by atoms with Gasteiger partial charge in [-0.1, -0.05) is 0 Å². The fourth-order valence-electron chi connectivity index (χ4n) is 1.65. The standard InChI is InChI=1S/C14H9BrF2N2O/c1-20-12-6-9(16)3-5-10(12)19-11-4-2-8(7-18)13(15)14(11)17/h2-6,19H,1H3. The Labute approximate surface area is 122 Å². The van der Waals surface area contributed by atoms with Crippen molar-refractivity contribution in [3.63, 3.8) is 0 Å². The molecule has 6 heteroatoms. The normalized spacial score (nSPS) is 9.95. The van der Waals surface area contributed by atoms with Crippen LogP contribution >= 0.6 is 15.9 Å². The molecule has 2 aromatic rings. The molecule has 0 bridgehead atoms. The van der Waals surface area contributed by atoms with Gasteiger partial charge in [-0.15, -0.1) is 0 Å². The molecule has 0 atom stereocenters. The number of nitriles is 1. The second kappa shape index (κ2) is 5.88. The molecule has 20 heavy (non-hydrogen) atoms. The van der Waals surface area contributed by atoms with Crippen molar-refractivity contribution in [1.82, 2.24) is 0 Å². The Hall–Kier alpha value is -2.13. The Morgan fingerprint density at radius 2 is 1.90 bits per heavy atom. The molecule has 0 fully saturated rings. The van der Waals surface area contributed by atoms with E-state index in [1.807, 2.05) is 6.07 Å². The van der Waals surface area contributed by atoms with Crippen LogP contribution in [-0.4, -0.2) is 7.11 Å². The predicted molar refractivity (Wildman–Crippen MR) is 75.0 cm³/mol. The molecule has 0 aliphatic heterocycles. The Morgan fingerprint density at radius 1 is 1.20 bits per heavy atom. The molecule has 0 heterocycles. The van der Waals surface area contributed by atoms with Crippen LogP contribution in [-0.2, 0) is 0 Å². The van der Waals surface area contributed by atoms with E-state index in [1.165, 1.54) is 37.4 Å². The van der Waals surface area contributed by atoms with Crippen LogP contribution < -0.4 is 10.1 Å². The first kappa shape index (κ1) is 14.3. The second-order valence-corrected chi connectivity index (χ2v) is 4.66. The lowest BCUT2D eigenvalue weighted by atomic mass is 10.2. The highest BCUT2D eigenvalue weighted by Gasteiger charge is 2.13. The van der Waals surface area contributed by atoms with Crippen molar-refractivity contribution >= 4 is 27.3 Å². The fraction of sp³-hybridized carbons (Fsp3) is 0.0714. The van der Waals surface area contributed by atoms with E-state index in [9.17, 15) is 8.78 Å². The van der Waals surface area contributed by atoms with E-state index in [0.29, 0.717) is 5.69 Å². The number of anilines is 2. The molecule has 1 N–H and O–H groups in total. The van der Waals surface area contributed by atoms with Gasteiger partial charge in [0, 0.05) is 6.07 Å². The molecule has 2 aromatic carbocycles. The molecule has 0 saturated carbocycles. The number of rotatable bonds is 3. The van der Waals surface area contributed by atoms with E-state index in [1.54, 1.807) is 0 Å². The van der Waals surface area contributed by atoms with Gasteiger partial charge in [-0.2, -0.15) is 5.26 Å². The first-order valence-electron chi connectivity index (χ1n) is 5.55. The number of halogens is 3. The molecular weight excluding hydrogens is 330 g/mol. The lowest BCUT2D eigenvalue weighted by molar-refractivity contribution is 0.413. The number of methoxy groups -OCH3 is 1. The first-order valence-corrected chi connectivity index (χ1v) is 6.34.